The fourth-order valence-electron chi connectivity index (χ4n) is 4.71. The van der Waals surface area contributed by atoms with E-state index in [9.17, 15) is 9.59 Å². The molecular weight excluding hydrogens is 428 g/mol. The minimum atomic E-state index is -0.523. The molecule has 2 aliphatic heterocycles. The first-order valence-electron chi connectivity index (χ1n) is 12.1. The lowest BCUT2D eigenvalue weighted by Gasteiger charge is -2.40. The van der Waals surface area contributed by atoms with Gasteiger partial charge in [0.1, 0.15) is 0 Å². The molecule has 2 heterocycles. The maximum atomic E-state index is 13.2. The number of amides is 2. The summed E-state index contributed by atoms with van der Waals surface area (Å²) in [5.74, 6) is -0.368. The Labute approximate surface area is 202 Å². The van der Waals surface area contributed by atoms with E-state index in [1.54, 1.807) is 11.8 Å². The molecule has 0 spiro atoms. The number of nitrogens with one attached hydrogen (secondary N) is 1. The van der Waals surface area contributed by atoms with Gasteiger partial charge in [-0.1, -0.05) is 60.7 Å². The average Bonchev–Trinajstić information content (AvgIpc) is 2.86. The highest BCUT2D eigenvalue weighted by molar-refractivity contribution is 5.95. The molecule has 1 fully saturated rings. The number of esters is 1. The van der Waals surface area contributed by atoms with Crippen LogP contribution in [0.5, 0.6) is 0 Å². The smallest absolute Gasteiger partial charge is 0.338 e. The Kier molecular flexibility index (Phi) is 7.98. The molecule has 2 aromatic carbocycles. The standard InChI is InChI=1S/C27H34N4O3/c1-3-31-23(20-30-17-15-29(16-18-30)19-21-11-7-5-8-12-21)24(26(32)34-4-2)25(28-27(31)33)22-13-9-6-10-14-22/h5-14,25H,3-4,15-20H2,1-2H3,(H,28,33)/t25-/m0/s1. The highest BCUT2D eigenvalue weighted by Crippen LogP contribution is 2.32. The summed E-state index contributed by atoms with van der Waals surface area (Å²) in [5, 5.41) is 3.03. The first-order chi connectivity index (χ1) is 16.6. The molecule has 0 aromatic heterocycles. The number of piperazine rings is 1. The van der Waals surface area contributed by atoms with Crippen LogP contribution in [0.1, 0.15) is 31.0 Å². The van der Waals surface area contributed by atoms with Gasteiger partial charge < -0.3 is 10.1 Å². The van der Waals surface area contributed by atoms with E-state index >= 15 is 0 Å². The Hall–Kier alpha value is -3.16. The van der Waals surface area contributed by atoms with Gasteiger partial charge in [-0.25, -0.2) is 9.59 Å². The number of carbonyl (C=O) groups is 2. The summed E-state index contributed by atoms with van der Waals surface area (Å²) in [6, 6.07) is 19.4. The van der Waals surface area contributed by atoms with Crippen molar-refractivity contribution in [3.63, 3.8) is 0 Å². The molecule has 0 bridgehead atoms. The summed E-state index contributed by atoms with van der Waals surface area (Å²) in [4.78, 5) is 32.7. The Morgan fingerprint density at radius 1 is 0.912 bits per heavy atom. The molecule has 0 radical (unpaired) electrons. The molecule has 1 saturated heterocycles. The molecule has 0 unspecified atom stereocenters. The average molecular weight is 463 g/mol. The molecule has 7 heteroatoms. The highest BCUT2D eigenvalue weighted by Gasteiger charge is 2.38. The fraction of sp³-hybridized carbons (Fsp3) is 0.407. The minimum Gasteiger partial charge on any atom is -0.463 e. The van der Waals surface area contributed by atoms with Crippen LogP contribution in [0.15, 0.2) is 71.9 Å². The number of ether oxygens (including phenoxy) is 1. The van der Waals surface area contributed by atoms with Gasteiger partial charge >= 0.3 is 12.0 Å². The summed E-state index contributed by atoms with van der Waals surface area (Å²) < 4.78 is 5.46. The second-order valence-corrected chi connectivity index (χ2v) is 8.66. The van der Waals surface area contributed by atoms with Gasteiger partial charge in [-0.2, -0.15) is 0 Å². The molecule has 34 heavy (non-hydrogen) atoms. The lowest BCUT2D eigenvalue weighted by atomic mass is 9.94. The molecule has 0 aliphatic carbocycles. The summed E-state index contributed by atoms with van der Waals surface area (Å²) >= 11 is 0. The van der Waals surface area contributed by atoms with Crippen molar-refractivity contribution in [1.29, 1.82) is 0 Å². The molecule has 7 nitrogen and oxygen atoms in total. The van der Waals surface area contributed by atoms with Crippen LogP contribution < -0.4 is 5.32 Å². The zero-order valence-corrected chi connectivity index (χ0v) is 20.1. The fourth-order valence-corrected chi connectivity index (χ4v) is 4.71. The molecular formula is C27H34N4O3. The second-order valence-electron chi connectivity index (χ2n) is 8.66. The van der Waals surface area contributed by atoms with E-state index in [-0.39, 0.29) is 18.6 Å². The Balaban J connectivity index is 1.56. The molecule has 4 rings (SSSR count). The summed E-state index contributed by atoms with van der Waals surface area (Å²) in [5.41, 5.74) is 3.46. The predicted molar refractivity (Wildman–Crippen MR) is 132 cm³/mol. The normalized spacial score (nSPS) is 19.8. The van der Waals surface area contributed by atoms with E-state index in [1.165, 1.54) is 5.56 Å². The van der Waals surface area contributed by atoms with Crippen LogP contribution in [0.3, 0.4) is 0 Å². The number of likely N-dealkylation sites (N-methyl/N-ethyl adjacent to an activating group) is 1. The topological polar surface area (TPSA) is 65.1 Å². The highest BCUT2D eigenvalue weighted by atomic mass is 16.5. The van der Waals surface area contributed by atoms with E-state index in [1.807, 2.05) is 43.3 Å². The van der Waals surface area contributed by atoms with Crippen molar-refractivity contribution < 1.29 is 14.3 Å². The van der Waals surface area contributed by atoms with Crippen LogP contribution in [0.25, 0.3) is 0 Å². The van der Waals surface area contributed by atoms with Crippen molar-refractivity contribution in [2.24, 2.45) is 0 Å². The van der Waals surface area contributed by atoms with Crippen LogP contribution in [-0.4, -0.2) is 72.6 Å². The van der Waals surface area contributed by atoms with Gasteiger partial charge in [0.25, 0.3) is 0 Å². The quantitative estimate of drug-likeness (QED) is 0.609. The van der Waals surface area contributed by atoms with Gasteiger partial charge in [0, 0.05) is 51.5 Å². The Morgan fingerprint density at radius 3 is 2.09 bits per heavy atom. The lowest BCUT2D eigenvalue weighted by Crippen LogP contribution is -2.53. The van der Waals surface area contributed by atoms with Crippen molar-refractivity contribution >= 4 is 12.0 Å². The zero-order chi connectivity index (χ0) is 23.9. The Morgan fingerprint density at radius 2 is 1.50 bits per heavy atom. The number of rotatable bonds is 8. The first kappa shape index (κ1) is 24.0. The van der Waals surface area contributed by atoms with Gasteiger partial charge in [0.15, 0.2) is 0 Å². The van der Waals surface area contributed by atoms with E-state index < -0.39 is 6.04 Å². The van der Waals surface area contributed by atoms with Gasteiger partial charge in [-0.3, -0.25) is 14.7 Å². The monoisotopic (exact) mass is 462 g/mol. The third-order valence-electron chi connectivity index (χ3n) is 6.47. The van der Waals surface area contributed by atoms with Crippen LogP contribution in [0.2, 0.25) is 0 Å². The summed E-state index contributed by atoms with van der Waals surface area (Å²) in [6.07, 6.45) is 0. The van der Waals surface area contributed by atoms with Crippen molar-refractivity contribution in [1.82, 2.24) is 20.0 Å². The second kappa shape index (κ2) is 11.3. The van der Waals surface area contributed by atoms with Gasteiger partial charge in [0.05, 0.1) is 18.2 Å². The van der Waals surface area contributed by atoms with Crippen molar-refractivity contribution in [3.8, 4) is 0 Å². The zero-order valence-electron chi connectivity index (χ0n) is 20.1. The third kappa shape index (κ3) is 5.48. The molecule has 1 atom stereocenters. The number of carbonyl (C=O) groups excluding carboxylic acids is 2. The van der Waals surface area contributed by atoms with Crippen LogP contribution >= 0.6 is 0 Å². The molecule has 2 amide bonds. The molecule has 0 saturated carbocycles. The lowest BCUT2D eigenvalue weighted by molar-refractivity contribution is -0.139. The van der Waals surface area contributed by atoms with Crippen LogP contribution in [-0.2, 0) is 16.1 Å². The minimum absolute atomic E-state index is 0.179. The maximum absolute atomic E-state index is 13.2. The molecule has 180 valence electrons. The van der Waals surface area contributed by atoms with Crippen molar-refractivity contribution in [2.45, 2.75) is 26.4 Å². The number of nitrogens with zero attached hydrogens (tertiary/aromatic N) is 3. The predicted octanol–water partition coefficient (Wildman–Crippen LogP) is 3.41. The van der Waals surface area contributed by atoms with Gasteiger partial charge in [-0.05, 0) is 25.0 Å². The number of urea groups is 1. The van der Waals surface area contributed by atoms with Crippen LogP contribution in [0.4, 0.5) is 4.79 Å². The van der Waals surface area contributed by atoms with E-state index in [2.05, 4.69) is 39.4 Å². The largest absolute Gasteiger partial charge is 0.463 e. The summed E-state index contributed by atoms with van der Waals surface area (Å²) in [6.45, 7) is 9.62. The van der Waals surface area contributed by atoms with Crippen LogP contribution in [0, 0.1) is 0 Å². The number of hydrogen-bond acceptors (Lipinski definition) is 5. The number of hydrogen-bond donors (Lipinski definition) is 1. The van der Waals surface area contributed by atoms with Crippen molar-refractivity contribution in [2.75, 3.05) is 45.9 Å². The van der Waals surface area contributed by atoms with Crippen molar-refractivity contribution in [3.05, 3.63) is 83.1 Å². The van der Waals surface area contributed by atoms with E-state index in [0.717, 1.165) is 44.0 Å². The molecule has 2 aliphatic rings. The molecule has 1 N–H and O–H groups in total. The SMILES string of the molecule is CCOC(=O)C1=C(CN2CCN(Cc3ccccc3)CC2)N(CC)C(=O)N[C@H]1c1ccccc1. The third-order valence-corrected chi connectivity index (χ3v) is 6.47. The van der Waals surface area contributed by atoms with Gasteiger partial charge in [0.2, 0.25) is 0 Å². The van der Waals surface area contributed by atoms with E-state index in [0.29, 0.717) is 18.7 Å². The first-order valence-corrected chi connectivity index (χ1v) is 12.1. The molecule has 2 aromatic rings. The Bertz CT molecular complexity index is 1000. The number of benzene rings is 2. The maximum Gasteiger partial charge on any atom is 0.338 e. The summed E-state index contributed by atoms with van der Waals surface area (Å²) in [7, 11) is 0. The van der Waals surface area contributed by atoms with E-state index in [4.69, 9.17) is 4.74 Å². The van der Waals surface area contributed by atoms with Gasteiger partial charge in [-0.15, -0.1) is 0 Å².